The molecular formula is C19H20N6O. The quantitative estimate of drug-likeness (QED) is 0.759. The Morgan fingerprint density at radius 1 is 1.12 bits per heavy atom. The third-order valence-electron chi connectivity index (χ3n) is 4.60. The van der Waals surface area contributed by atoms with Crippen molar-refractivity contribution < 1.29 is 4.79 Å². The first kappa shape index (κ1) is 16.4. The van der Waals surface area contributed by atoms with Crippen molar-refractivity contribution in [2.75, 3.05) is 13.1 Å². The monoisotopic (exact) mass is 348 g/mol. The molecule has 1 aromatic heterocycles. The van der Waals surface area contributed by atoms with Crippen LogP contribution in [-0.4, -0.2) is 50.1 Å². The van der Waals surface area contributed by atoms with Gasteiger partial charge in [-0.25, -0.2) is 4.68 Å². The van der Waals surface area contributed by atoms with E-state index in [2.05, 4.69) is 50.0 Å². The van der Waals surface area contributed by atoms with Gasteiger partial charge in [-0.15, -0.1) is 5.10 Å². The summed E-state index contributed by atoms with van der Waals surface area (Å²) in [6, 6.07) is 17.9. The van der Waals surface area contributed by atoms with Gasteiger partial charge in [-0.2, -0.15) is 0 Å². The number of amides is 1. The van der Waals surface area contributed by atoms with Gasteiger partial charge in [-0.05, 0) is 46.7 Å². The second-order valence-corrected chi connectivity index (χ2v) is 6.48. The van der Waals surface area contributed by atoms with E-state index in [1.165, 1.54) is 11.9 Å². The first-order valence-electron chi connectivity index (χ1n) is 8.68. The Labute approximate surface area is 151 Å². The van der Waals surface area contributed by atoms with Crippen molar-refractivity contribution in [3.63, 3.8) is 0 Å². The minimum Gasteiger partial charge on any atom is -0.348 e. The van der Waals surface area contributed by atoms with Crippen LogP contribution in [0.2, 0.25) is 0 Å². The van der Waals surface area contributed by atoms with Crippen LogP contribution in [-0.2, 0) is 6.54 Å². The molecule has 2 aromatic carbocycles. The fourth-order valence-electron chi connectivity index (χ4n) is 3.25. The van der Waals surface area contributed by atoms with Gasteiger partial charge in [0.05, 0.1) is 5.69 Å². The first-order valence-corrected chi connectivity index (χ1v) is 8.68. The van der Waals surface area contributed by atoms with Gasteiger partial charge in [-0.3, -0.25) is 9.69 Å². The Balaban J connectivity index is 1.32. The zero-order chi connectivity index (χ0) is 17.8. The number of carbonyl (C=O) groups is 1. The lowest BCUT2D eigenvalue weighted by Gasteiger charge is -2.17. The summed E-state index contributed by atoms with van der Waals surface area (Å²) < 4.78 is 1.56. The van der Waals surface area contributed by atoms with Crippen LogP contribution in [0.15, 0.2) is 60.9 Å². The molecule has 2 heterocycles. The molecule has 0 unspecified atom stereocenters. The van der Waals surface area contributed by atoms with Gasteiger partial charge >= 0.3 is 0 Å². The average Bonchev–Trinajstić information content (AvgIpc) is 3.35. The normalized spacial score (nSPS) is 17.3. The molecule has 1 aliphatic rings. The molecule has 3 aromatic rings. The zero-order valence-corrected chi connectivity index (χ0v) is 14.3. The van der Waals surface area contributed by atoms with Crippen molar-refractivity contribution in [2.24, 2.45) is 0 Å². The molecule has 0 aliphatic carbocycles. The van der Waals surface area contributed by atoms with Crippen LogP contribution in [0.25, 0.3) is 5.69 Å². The minimum absolute atomic E-state index is 0.0418. The number of benzene rings is 2. The summed E-state index contributed by atoms with van der Waals surface area (Å²) in [7, 11) is 0. The highest BCUT2D eigenvalue weighted by atomic mass is 16.1. The lowest BCUT2D eigenvalue weighted by Crippen LogP contribution is -2.37. The molecule has 7 nitrogen and oxygen atoms in total. The summed E-state index contributed by atoms with van der Waals surface area (Å²) in [5, 5.41) is 14.2. The lowest BCUT2D eigenvalue weighted by molar-refractivity contribution is 0.0937. The third-order valence-corrected chi connectivity index (χ3v) is 4.60. The Morgan fingerprint density at radius 2 is 1.92 bits per heavy atom. The second kappa shape index (κ2) is 7.45. The number of nitrogens with zero attached hydrogens (tertiary/aromatic N) is 5. The van der Waals surface area contributed by atoms with Crippen LogP contribution in [0.1, 0.15) is 22.3 Å². The van der Waals surface area contributed by atoms with Crippen molar-refractivity contribution >= 4 is 5.91 Å². The Bertz CT molecular complexity index is 848. The summed E-state index contributed by atoms with van der Waals surface area (Å²) in [6.45, 7) is 2.80. The highest BCUT2D eigenvalue weighted by Crippen LogP contribution is 2.14. The molecule has 1 atom stereocenters. The van der Waals surface area contributed by atoms with Gasteiger partial charge in [0.1, 0.15) is 6.33 Å². The highest BCUT2D eigenvalue weighted by Gasteiger charge is 2.24. The molecule has 26 heavy (non-hydrogen) atoms. The predicted molar refractivity (Wildman–Crippen MR) is 96.7 cm³/mol. The SMILES string of the molecule is O=C(N[C@H]1CCN(Cc2ccccc2)C1)c1ccc(-n2cnnn2)cc1. The smallest absolute Gasteiger partial charge is 0.251 e. The maximum absolute atomic E-state index is 12.5. The number of hydrogen-bond donors (Lipinski definition) is 1. The summed E-state index contributed by atoms with van der Waals surface area (Å²) >= 11 is 0. The Morgan fingerprint density at radius 3 is 2.65 bits per heavy atom. The van der Waals surface area contributed by atoms with Gasteiger partial charge in [0.2, 0.25) is 0 Å². The van der Waals surface area contributed by atoms with Crippen molar-refractivity contribution in [1.29, 1.82) is 0 Å². The number of hydrogen-bond acceptors (Lipinski definition) is 5. The fraction of sp³-hybridized carbons (Fsp3) is 0.263. The van der Waals surface area contributed by atoms with Crippen molar-refractivity contribution in [3.05, 3.63) is 72.1 Å². The molecule has 1 N–H and O–H groups in total. The molecular weight excluding hydrogens is 328 g/mol. The molecule has 132 valence electrons. The minimum atomic E-state index is -0.0418. The largest absolute Gasteiger partial charge is 0.348 e. The van der Waals surface area contributed by atoms with E-state index >= 15 is 0 Å². The van der Waals surface area contributed by atoms with E-state index in [1.807, 2.05) is 18.2 Å². The predicted octanol–water partition coefficient (Wildman–Crippen LogP) is 1.67. The summed E-state index contributed by atoms with van der Waals surface area (Å²) in [6.07, 6.45) is 2.50. The average molecular weight is 348 g/mol. The van der Waals surface area contributed by atoms with Crippen LogP contribution in [0.5, 0.6) is 0 Å². The number of carbonyl (C=O) groups excluding carboxylic acids is 1. The second-order valence-electron chi connectivity index (χ2n) is 6.48. The fourth-order valence-corrected chi connectivity index (χ4v) is 3.25. The van der Waals surface area contributed by atoms with Crippen LogP contribution in [0.3, 0.4) is 0 Å². The Kier molecular flexibility index (Phi) is 4.70. The van der Waals surface area contributed by atoms with Gasteiger partial charge in [-0.1, -0.05) is 30.3 Å². The number of likely N-dealkylation sites (tertiary alicyclic amines) is 1. The van der Waals surface area contributed by atoms with Crippen LogP contribution in [0.4, 0.5) is 0 Å². The van der Waals surface area contributed by atoms with E-state index in [0.717, 1.165) is 31.7 Å². The molecule has 1 fully saturated rings. The van der Waals surface area contributed by atoms with Crippen molar-refractivity contribution in [3.8, 4) is 5.69 Å². The number of rotatable bonds is 5. The van der Waals surface area contributed by atoms with E-state index in [9.17, 15) is 4.79 Å². The maximum Gasteiger partial charge on any atom is 0.251 e. The van der Waals surface area contributed by atoms with Crippen LogP contribution < -0.4 is 5.32 Å². The maximum atomic E-state index is 12.5. The van der Waals surface area contributed by atoms with Crippen LogP contribution >= 0.6 is 0 Å². The van der Waals surface area contributed by atoms with E-state index in [-0.39, 0.29) is 11.9 Å². The van der Waals surface area contributed by atoms with Gasteiger partial charge < -0.3 is 5.32 Å². The third kappa shape index (κ3) is 3.78. The standard InChI is InChI=1S/C19H20N6O/c26-19(16-6-8-18(9-7-16)25-14-20-22-23-25)21-17-10-11-24(13-17)12-15-4-2-1-3-5-15/h1-9,14,17H,10-13H2,(H,21,26)/t17-/m0/s1. The van der Waals surface area contributed by atoms with E-state index in [0.29, 0.717) is 5.56 Å². The molecule has 0 spiro atoms. The number of nitrogens with one attached hydrogen (secondary N) is 1. The molecule has 4 rings (SSSR count). The molecule has 0 saturated carbocycles. The zero-order valence-electron chi connectivity index (χ0n) is 14.3. The summed E-state index contributed by atoms with van der Waals surface area (Å²) in [5.41, 5.74) is 2.77. The number of tetrazole rings is 1. The van der Waals surface area contributed by atoms with Gasteiger partial charge in [0, 0.05) is 31.2 Å². The number of aromatic nitrogens is 4. The van der Waals surface area contributed by atoms with Crippen molar-refractivity contribution in [1.82, 2.24) is 30.4 Å². The molecule has 1 aliphatic heterocycles. The van der Waals surface area contributed by atoms with Crippen molar-refractivity contribution in [2.45, 2.75) is 19.0 Å². The first-order chi connectivity index (χ1) is 12.8. The highest BCUT2D eigenvalue weighted by molar-refractivity contribution is 5.94. The van der Waals surface area contributed by atoms with E-state index < -0.39 is 0 Å². The van der Waals surface area contributed by atoms with E-state index in [1.54, 1.807) is 16.8 Å². The van der Waals surface area contributed by atoms with Gasteiger partial charge in [0.25, 0.3) is 5.91 Å². The topological polar surface area (TPSA) is 75.9 Å². The molecule has 0 bridgehead atoms. The molecule has 0 radical (unpaired) electrons. The van der Waals surface area contributed by atoms with Gasteiger partial charge in [0.15, 0.2) is 0 Å². The molecule has 1 amide bonds. The molecule has 7 heteroatoms. The lowest BCUT2D eigenvalue weighted by atomic mass is 10.1. The Hall–Kier alpha value is -3.06. The summed E-state index contributed by atoms with van der Waals surface area (Å²) in [4.78, 5) is 14.9. The van der Waals surface area contributed by atoms with E-state index in [4.69, 9.17) is 0 Å². The van der Waals surface area contributed by atoms with Crippen LogP contribution in [0, 0.1) is 0 Å². The summed E-state index contributed by atoms with van der Waals surface area (Å²) in [5.74, 6) is -0.0418. The molecule has 1 saturated heterocycles.